The number of guanidine groups is 1. The normalized spacial score (nSPS) is 14.6. The average molecular weight is 369 g/mol. The van der Waals surface area contributed by atoms with Crippen molar-refractivity contribution in [1.82, 2.24) is 20.9 Å². The van der Waals surface area contributed by atoms with E-state index in [9.17, 15) is 18.4 Å². The lowest BCUT2D eigenvalue weighted by Gasteiger charge is -2.15. The van der Waals surface area contributed by atoms with Crippen LogP contribution in [0.1, 0.15) is 12.5 Å². The third-order valence-electron chi connectivity index (χ3n) is 3.51. The average Bonchev–Trinajstić information content (AvgIpc) is 2.92. The Balaban J connectivity index is 1.94. The molecule has 1 aliphatic heterocycles. The molecule has 8 nitrogen and oxygen atoms in total. The maximum atomic E-state index is 12.5. The number of hydrogen-bond donors (Lipinski definition) is 3. The zero-order chi connectivity index (χ0) is 18.9. The number of urea groups is 1. The van der Waals surface area contributed by atoms with Crippen molar-refractivity contribution in [3.8, 4) is 5.75 Å². The molecule has 0 atom stereocenters. The fourth-order valence-electron chi connectivity index (χ4n) is 2.32. The van der Waals surface area contributed by atoms with Crippen molar-refractivity contribution in [1.29, 1.82) is 0 Å². The molecule has 3 amide bonds. The first-order valence-corrected chi connectivity index (χ1v) is 8.14. The number of hydrogen-bond acceptors (Lipinski definition) is 4. The van der Waals surface area contributed by atoms with Gasteiger partial charge in [-0.05, 0) is 13.0 Å². The van der Waals surface area contributed by atoms with Crippen molar-refractivity contribution in [2.75, 3.05) is 26.2 Å². The number of alkyl halides is 2. The van der Waals surface area contributed by atoms with Crippen molar-refractivity contribution < 1.29 is 23.1 Å². The van der Waals surface area contributed by atoms with Gasteiger partial charge in [0.2, 0.25) is 5.91 Å². The molecule has 0 radical (unpaired) electrons. The Morgan fingerprint density at radius 2 is 2.12 bits per heavy atom. The van der Waals surface area contributed by atoms with Gasteiger partial charge < -0.3 is 20.7 Å². The third kappa shape index (κ3) is 5.57. The smallest absolute Gasteiger partial charge is 0.387 e. The molecule has 1 fully saturated rings. The van der Waals surface area contributed by atoms with Gasteiger partial charge in [0, 0.05) is 25.2 Å². The van der Waals surface area contributed by atoms with Crippen LogP contribution in [0.15, 0.2) is 29.3 Å². The van der Waals surface area contributed by atoms with E-state index >= 15 is 0 Å². The van der Waals surface area contributed by atoms with Crippen molar-refractivity contribution in [2.24, 2.45) is 4.99 Å². The summed E-state index contributed by atoms with van der Waals surface area (Å²) in [5.74, 6) is 0.227. The van der Waals surface area contributed by atoms with Crippen LogP contribution >= 0.6 is 0 Å². The van der Waals surface area contributed by atoms with Gasteiger partial charge in [-0.2, -0.15) is 8.78 Å². The summed E-state index contributed by atoms with van der Waals surface area (Å²) in [5.41, 5.74) is 0.513. The zero-order valence-corrected chi connectivity index (χ0v) is 14.3. The summed E-state index contributed by atoms with van der Waals surface area (Å²) in [6.07, 6.45) is 0. The molecule has 10 heteroatoms. The Bertz CT molecular complexity index is 653. The predicted octanol–water partition coefficient (Wildman–Crippen LogP) is 0.895. The van der Waals surface area contributed by atoms with Gasteiger partial charge in [0.05, 0.1) is 13.1 Å². The van der Waals surface area contributed by atoms with Crippen LogP contribution in [0.25, 0.3) is 0 Å². The van der Waals surface area contributed by atoms with Gasteiger partial charge in [-0.1, -0.05) is 18.2 Å². The number of nitrogens with zero attached hydrogens (tertiary/aromatic N) is 2. The van der Waals surface area contributed by atoms with Crippen LogP contribution in [0.4, 0.5) is 13.6 Å². The molecule has 1 aromatic carbocycles. The maximum Gasteiger partial charge on any atom is 0.387 e. The van der Waals surface area contributed by atoms with E-state index in [0.717, 1.165) is 4.90 Å². The topological polar surface area (TPSA) is 95.1 Å². The molecule has 1 saturated heterocycles. The molecule has 0 unspecified atom stereocenters. The monoisotopic (exact) mass is 369 g/mol. The van der Waals surface area contributed by atoms with Crippen LogP contribution in [0.2, 0.25) is 0 Å². The Labute approximate surface area is 149 Å². The van der Waals surface area contributed by atoms with Crippen molar-refractivity contribution in [2.45, 2.75) is 20.1 Å². The molecule has 1 heterocycles. The van der Waals surface area contributed by atoms with E-state index in [-0.39, 0.29) is 31.3 Å². The molecule has 1 aromatic rings. The highest BCUT2D eigenvalue weighted by molar-refractivity contribution is 6.01. The highest BCUT2D eigenvalue weighted by atomic mass is 19.3. The summed E-state index contributed by atoms with van der Waals surface area (Å²) in [6.45, 7) is 0.193. The Morgan fingerprint density at radius 3 is 2.77 bits per heavy atom. The van der Waals surface area contributed by atoms with Crippen LogP contribution in [-0.2, 0) is 11.3 Å². The molecule has 0 bridgehead atoms. The second kappa shape index (κ2) is 9.54. The minimum Gasteiger partial charge on any atom is -0.434 e. The predicted molar refractivity (Wildman–Crippen MR) is 91.0 cm³/mol. The van der Waals surface area contributed by atoms with Crippen LogP contribution in [0.3, 0.4) is 0 Å². The lowest BCUT2D eigenvalue weighted by Crippen LogP contribution is -2.43. The van der Waals surface area contributed by atoms with Gasteiger partial charge in [0.1, 0.15) is 5.75 Å². The molecule has 0 aromatic heterocycles. The van der Waals surface area contributed by atoms with Crippen LogP contribution < -0.4 is 20.7 Å². The quantitative estimate of drug-likeness (QED) is 0.359. The summed E-state index contributed by atoms with van der Waals surface area (Å²) in [4.78, 5) is 28.4. The van der Waals surface area contributed by atoms with E-state index in [1.165, 1.54) is 6.07 Å². The Kier molecular flexibility index (Phi) is 7.12. The van der Waals surface area contributed by atoms with E-state index in [1.54, 1.807) is 18.2 Å². The number of ether oxygens (including phenoxy) is 1. The Morgan fingerprint density at radius 1 is 1.35 bits per heavy atom. The number of nitrogens with one attached hydrogen (secondary N) is 3. The summed E-state index contributed by atoms with van der Waals surface area (Å²) in [6, 6.07) is 6.00. The number of benzene rings is 1. The third-order valence-corrected chi connectivity index (χ3v) is 3.51. The van der Waals surface area contributed by atoms with Crippen molar-refractivity contribution in [3.63, 3.8) is 0 Å². The number of carbonyl (C=O) groups excluding carboxylic acids is 2. The number of rotatable bonds is 8. The van der Waals surface area contributed by atoms with Crippen LogP contribution in [0, 0.1) is 0 Å². The summed E-state index contributed by atoms with van der Waals surface area (Å²) in [5, 5.41) is 8.44. The summed E-state index contributed by atoms with van der Waals surface area (Å²) in [7, 11) is 0. The maximum absolute atomic E-state index is 12.5. The van der Waals surface area contributed by atoms with Gasteiger partial charge in [0.15, 0.2) is 5.96 Å². The molecule has 0 aliphatic carbocycles. The number of imide groups is 1. The minimum atomic E-state index is -2.91. The largest absolute Gasteiger partial charge is 0.434 e. The van der Waals surface area contributed by atoms with Crippen LogP contribution in [-0.4, -0.2) is 55.6 Å². The minimum absolute atomic E-state index is 0.00785. The highest BCUT2D eigenvalue weighted by Crippen LogP contribution is 2.20. The number of amides is 3. The molecule has 0 spiro atoms. The van der Waals surface area contributed by atoms with Gasteiger partial charge in [-0.15, -0.1) is 0 Å². The van der Waals surface area contributed by atoms with Gasteiger partial charge in [-0.25, -0.2) is 9.79 Å². The van der Waals surface area contributed by atoms with Gasteiger partial charge >= 0.3 is 12.6 Å². The number of carbonyl (C=O) groups is 2. The van der Waals surface area contributed by atoms with E-state index in [0.29, 0.717) is 24.6 Å². The first-order chi connectivity index (χ1) is 12.5. The molecular weight excluding hydrogens is 348 g/mol. The van der Waals surface area contributed by atoms with Gasteiger partial charge in [-0.3, -0.25) is 9.69 Å². The first-order valence-electron chi connectivity index (χ1n) is 8.14. The number of para-hydroxylation sites is 1. The second-order valence-electron chi connectivity index (χ2n) is 5.31. The zero-order valence-electron chi connectivity index (χ0n) is 14.3. The lowest BCUT2D eigenvalue weighted by atomic mass is 10.2. The number of halogens is 2. The van der Waals surface area contributed by atoms with Crippen LogP contribution in [0.5, 0.6) is 5.75 Å². The molecule has 0 saturated carbocycles. The number of aliphatic imine (C=N–C) groups is 1. The molecule has 26 heavy (non-hydrogen) atoms. The summed E-state index contributed by atoms with van der Waals surface area (Å²) >= 11 is 0. The van der Waals surface area contributed by atoms with E-state index in [2.05, 4.69) is 25.7 Å². The highest BCUT2D eigenvalue weighted by Gasteiger charge is 2.27. The first kappa shape index (κ1) is 19.4. The second-order valence-corrected chi connectivity index (χ2v) is 5.31. The molecule has 142 valence electrons. The van der Waals surface area contributed by atoms with E-state index in [1.807, 2.05) is 6.92 Å². The fourth-order valence-corrected chi connectivity index (χ4v) is 2.32. The summed E-state index contributed by atoms with van der Waals surface area (Å²) < 4.78 is 29.4. The van der Waals surface area contributed by atoms with Crippen molar-refractivity contribution >= 4 is 17.9 Å². The molecule has 2 rings (SSSR count). The standard InChI is InChI=1S/C16H21F2N5O3/c1-2-19-15(20-7-8-23-13(24)10-22-16(23)25)21-9-11-5-3-4-6-12(11)26-14(17)18/h3-6,14H,2,7-10H2,1H3,(H,22,25)(H2,19,20,21). The SMILES string of the molecule is CCNC(=NCc1ccccc1OC(F)F)NCCN1C(=O)CNC1=O. The Hall–Kier alpha value is -2.91. The van der Waals surface area contributed by atoms with Gasteiger partial charge in [0.25, 0.3) is 0 Å². The molecule has 1 aliphatic rings. The fraction of sp³-hybridized carbons (Fsp3) is 0.438. The molecule has 3 N–H and O–H groups in total. The van der Waals surface area contributed by atoms with E-state index < -0.39 is 12.6 Å². The lowest BCUT2D eigenvalue weighted by molar-refractivity contribution is -0.124. The van der Waals surface area contributed by atoms with E-state index in [4.69, 9.17) is 0 Å². The molecular formula is C16H21F2N5O3. The van der Waals surface area contributed by atoms with Crippen molar-refractivity contribution in [3.05, 3.63) is 29.8 Å².